The summed E-state index contributed by atoms with van der Waals surface area (Å²) < 4.78 is 0. The molecule has 0 aliphatic carbocycles. The highest BCUT2D eigenvalue weighted by Gasteiger charge is 2.18. The zero-order chi connectivity index (χ0) is 16.0. The molecule has 7 heteroatoms. The van der Waals surface area contributed by atoms with E-state index in [1.807, 2.05) is 6.92 Å². The van der Waals surface area contributed by atoms with Gasteiger partial charge < -0.3 is 10.4 Å². The first-order valence-electron chi connectivity index (χ1n) is 6.85. The topological polar surface area (TPSA) is 92.2 Å². The summed E-state index contributed by atoms with van der Waals surface area (Å²) in [6, 6.07) is 0.121. The van der Waals surface area contributed by atoms with Crippen LogP contribution in [0.1, 0.15) is 48.6 Å². The van der Waals surface area contributed by atoms with Crippen molar-refractivity contribution >= 4 is 23.6 Å². The van der Waals surface area contributed by atoms with E-state index in [9.17, 15) is 14.7 Å². The van der Waals surface area contributed by atoms with Gasteiger partial charge in [-0.1, -0.05) is 25.1 Å². The van der Waals surface area contributed by atoms with Crippen molar-refractivity contribution in [3.63, 3.8) is 0 Å². The number of aromatic carboxylic acids is 1. The number of carboxylic acids is 1. The number of carbonyl (C=O) groups excluding carboxylic acids is 1. The minimum atomic E-state index is -1.07. The van der Waals surface area contributed by atoms with Gasteiger partial charge in [0.2, 0.25) is 5.91 Å². The third kappa shape index (κ3) is 5.34. The fourth-order valence-electron chi connectivity index (χ4n) is 1.99. The quantitative estimate of drug-likeness (QED) is 0.592. The summed E-state index contributed by atoms with van der Waals surface area (Å²) in [5.41, 5.74) is 0.484. The Morgan fingerprint density at radius 3 is 2.57 bits per heavy atom. The van der Waals surface area contributed by atoms with Gasteiger partial charge >= 0.3 is 5.97 Å². The van der Waals surface area contributed by atoms with Gasteiger partial charge in [0.05, 0.1) is 11.4 Å². The number of amides is 1. The number of nitrogens with one attached hydrogen (secondary N) is 1. The first-order valence-corrected chi connectivity index (χ1v) is 7.84. The molecule has 1 atom stereocenters. The molecular formula is C14H21N3O3S. The average Bonchev–Trinajstić information content (AvgIpc) is 2.35. The van der Waals surface area contributed by atoms with Crippen LogP contribution in [0.2, 0.25) is 0 Å². The van der Waals surface area contributed by atoms with Crippen LogP contribution in [0.5, 0.6) is 0 Å². The van der Waals surface area contributed by atoms with Crippen LogP contribution in [0, 0.1) is 13.8 Å². The van der Waals surface area contributed by atoms with Crippen LogP contribution in [-0.2, 0) is 4.79 Å². The van der Waals surface area contributed by atoms with Crippen molar-refractivity contribution in [2.45, 2.75) is 51.6 Å². The molecule has 0 saturated carbocycles. The van der Waals surface area contributed by atoms with Gasteiger partial charge in [-0.05, 0) is 27.2 Å². The zero-order valence-corrected chi connectivity index (χ0v) is 13.6. The monoisotopic (exact) mass is 311 g/mol. The van der Waals surface area contributed by atoms with Crippen molar-refractivity contribution in [3.05, 3.63) is 17.1 Å². The van der Waals surface area contributed by atoms with Gasteiger partial charge in [0.15, 0.2) is 0 Å². The smallest absolute Gasteiger partial charge is 0.340 e. The Kier molecular flexibility index (Phi) is 6.61. The molecule has 0 saturated heterocycles. The van der Waals surface area contributed by atoms with E-state index in [4.69, 9.17) is 0 Å². The van der Waals surface area contributed by atoms with E-state index in [-0.39, 0.29) is 23.3 Å². The Morgan fingerprint density at radius 2 is 2.00 bits per heavy atom. The second-order valence-corrected chi connectivity index (χ2v) is 5.85. The van der Waals surface area contributed by atoms with E-state index in [0.29, 0.717) is 16.5 Å². The van der Waals surface area contributed by atoms with Crippen LogP contribution >= 0.6 is 11.8 Å². The largest absolute Gasteiger partial charge is 0.478 e. The van der Waals surface area contributed by atoms with Gasteiger partial charge in [-0.15, -0.1) is 0 Å². The van der Waals surface area contributed by atoms with E-state index in [1.54, 1.807) is 13.8 Å². The molecule has 0 bridgehead atoms. The highest BCUT2D eigenvalue weighted by Crippen LogP contribution is 2.22. The summed E-state index contributed by atoms with van der Waals surface area (Å²) in [5, 5.41) is 12.4. The fourth-order valence-corrected chi connectivity index (χ4v) is 2.91. The number of hydrogen-bond donors (Lipinski definition) is 2. The van der Waals surface area contributed by atoms with Gasteiger partial charge in [-0.2, -0.15) is 0 Å². The van der Waals surface area contributed by atoms with Crippen LogP contribution in [0.15, 0.2) is 5.03 Å². The van der Waals surface area contributed by atoms with E-state index < -0.39 is 5.97 Å². The Labute approximate surface area is 128 Å². The summed E-state index contributed by atoms with van der Waals surface area (Å²) in [6.07, 6.45) is 1.92. The van der Waals surface area contributed by atoms with Gasteiger partial charge in [-0.25, -0.2) is 14.8 Å². The molecule has 0 spiro atoms. The maximum Gasteiger partial charge on any atom is 0.340 e. The maximum atomic E-state index is 11.8. The van der Waals surface area contributed by atoms with Crippen LogP contribution < -0.4 is 5.32 Å². The average molecular weight is 311 g/mol. The number of carbonyl (C=O) groups is 2. The second kappa shape index (κ2) is 7.97. The molecule has 1 heterocycles. The number of hydrogen-bond acceptors (Lipinski definition) is 5. The third-order valence-electron chi connectivity index (χ3n) is 2.85. The molecule has 1 amide bonds. The van der Waals surface area contributed by atoms with Crippen molar-refractivity contribution < 1.29 is 14.7 Å². The summed E-state index contributed by atoms with van der Waals surface area (Å²) in [7, 11) is 0. The molecule has 1 aromatic heterocycles. The molecule has 6 nitrogen and oxygen atoms in total. The van der Waals surface area contributed by atoms with Gasteiger partial charge in [0, 0.05) is 6.04 Å². The molecule has 2 N–H and O–H groups in total. The lowest BCUT2D eigenvalue weighted by molar-refractivity contribution is -0.119. The second-order valence-electron chi connectivity index (χ2n) is 4.89. The molecule has 1 aromatic rings. The molecule has 0 aromatic carbocycles. The van der Waals surface area contributed by atoms with Crippen LogP contribution in [-0.4, -0.2) is 38.7 Å². The SMILES string of the molecule is CCCC(C)NC(=O)CSc1nc(C)nc(C)c1C(=O)O. The standard InChI is InChI=1S/C14H21N3O3S/c1-5-6-8(2)15-11(18)7-21-13-12(14(19)20)9(3)16-10(4)17-13/h8H,5-7H2,1-4H3,(H,15,18)(H,19,20). The minimum Gasteiger partial charge on any atom is -0.478 e. The van der Waals surface area contributed by atoms with Crippen molar-refractivity contribution in [2.24, 2.45) is 0 Å². The molecule has 0 aliphatic heterocycles. The van der Waals surface area contributed by atoms with Crippen molar-refractivity contribution in [1.29, 1.82) is 0 Å². The normalized spacial score (nSPS) is 12.0. The number of carboxylic acid groups (broad SMARTS) is 1. The number of aromatic nitrogens is 2. The van der Waals surface area contributed by atoms with Gasteiger partial charge in [0.25, 0.3) is 0 Å². The Morgan fingerprint density at radius 1 is 1.33 bits per heavy atom. The summed E-state index contributed by atoms with van der Waals surface area (Å²) >= 11 is 1.13. The molecule has 0 fully saturated rings. The van der Waals surface area contributed by atoms with Crippen LogP contribution in [0.25, 0.3) is 0 Å². The van der Waals surface area contributed by atoms with Gasteiger partial charge in [0.1, 0.15) is 16.4 Å². The number of aryl methyl sites for hydroxylation is 2. The van der Waals surface area contributed by atoms with E-state index in [2.05, 4.69) is 22.2 Å². The summed E-state index contributed by atoms with van der Waals surface area (Å²) in [5.74, 6) is -0.551. The lowest BCUT2D eigenvalue weighted by Crippen LogP contribution is -2.33. The summed E-state index contributed by atoms with van der Waals surface area (Å²) in [6.45, 7) is 7.34. The molecule has 1 unspecified atom stereocenters. The van der Waals surface area contributed by atoms with Crippen molar-refractivity contribution in [3.8, 4) is 0 Å². The molecule has 0 radical (unpaired) electrons. The highest BCUT2D eigenvalue weighted by atomic mass is 32.2. The molecule has 116 valence electrons. The van der Waals surface area contributed by atoms with Crippen LogP contribution in [0.3, 0.4) is 0 Å². The lowest BCUT2D eigenvalue weighted by Gasteiger charge is -2.13. The number of rotatable bonds is 7. The molecular weight excluding hydrogens is 290 g/mol. The zero-order valence-electron chi connectivity index (χ0n) is 12.8. The highest BCUT2D eigenvalue weighted by molar-refractivity contribution is 8.00. The molecule has 1 rings (SSSR count). The van der Waals surface area contributed by atoms with E-state index in [0.717, 1.165) is 24.6 Å². The van der Waals surface area contributed by atoms with E-state index in [1.165, 1.54) is 0 Å². The molecule has 21 heavy (non-hydrogen) atoms. The van der Waals surface area contributed by atoms with Crippen molar-refractivity contribution in [1.82, 2.24) is 15.3 Å². The maximum absolute atomic E-state index is 11.8. The van der Waals surface area contributed by atoms with Crippen molar-refractivity contribution in [2.75, 3.05) is 5.75 Å². The predicted octanol–water partition coefficient (Wildman–Crippen LogP) is 2.19. The molecule has 0 aliphatic rings. The number of thioether (sulfide) groups is 1. The first-order chi connectivity index (χ1) is 9.85. The third-order valence-corrected chi connectivity index (χ3v) is 3.83. The Hall–Kier alpha value is -1.63. The van der Waals surface area contributed by atoms with E-state index >= 15 is 0 Å². The summed E-state index contributed by atoms with van der Waals surface area (Å²) in [4.78, 5) is 31.3. The number of nitrogens with zero attached hydrogens (tertiary/aromatic N) is 2. The first kappa shape index (κ1) is 17.4. The van der Waals surface area contributed by atoms with Gasteiger partial charge in [-0.3, -0.25) is 4.79 Å². The lowest BCUT2D eigenvalue weighted by atomic mass is 10.2. The Bertz CT molecular complexity index is 534. The fraction of sp³-hybridized carbons (Fsp3) is 0.571. The Balaban J connectivity index is 2.75. The predicted molar refractivity (Wildman–Crippen MR) is 81.7 cm³/mol. The van der Waals surface area contributed by atoms with Crippen LogP contribution in [0.4, 0.5) is 0 Å². The minimum absolute atomic E-state index is 0.0695.